The Kier molecular flexibility index (Phi) is 6.01. The number of aliphatic hydroxyl groups is 1. The average molecular weight is 397 g/mol. The van der Waals surface area contributed by atoms with E-state index in [2.05, 4.69) is 11.4 Å². The van der Waals surface area contributed by atoms with Crippen molar-refractivity contribution in [3.05, 3.63) is 81.8 Å². The fourth-order valence-electron chi connectivity index (χ4n) is 2.86. The van der Waals surface area contributed by atoms with Gasteiger partial charge in [-0.15, -0.1) is 11.3 Å². The van der Waals surface area contributed by atoms with Crippen LogP contribution in [0.15, 0.2) is 60.2 Å². The third-order valence-electron chi connectivity index (χ3n) is 3.96. The third kappa shape index (κ3) is 4.60. The van der Waals surface area contributed by atoms with E-state index in [9.17, 15) is 10.2 Å². The van der Waals surface area contributed by atoms with Gasteiger partial charge in [0.2, 0.25) is 5.70 Å². The van der Waals surface area contributed by atoms with Crippen molar-refractivity contribution in [2.75, 3.05) is 5.32 Å². The number of pyridine rings is 1. The van der Waals surface area contributed by atoms with Gasteiger partial charge < -0.3 is 15.5 Å². The zero-order chi connectivity index (χ0) is 19.4. The molecule has 0 amide bonds. The van der Waals surface area contributed by atoms with E-state index in [-0.39, 0.29) is 12.4 Å². The van der Waals surface area contributed by atoms with E-state index in [1.807, 2.05) is 37.4 Å². The van der Waals surface area contributed by atoms with Crippen molar-refractivity contribution in [2.24, 2.45) is 0 Å². The van der Waals surface area contributed by atoms with E-state index in [4.69, 9.17) is 12.2 Å². The number of aliphatic hydroxyl groups excluding tert-OH is 1. The lowest BCUT2D eigenvalue weighted by atomic mass is 10.1. The van der Waals surface area contributed by atoms with E-state index in [1.54, 1.807) is 35.2 Å². The molecule has 0 spiro atoms. The first-order valence-electron chi connectivity index (χ1n) is 8.44. The Morgan fingerprint density at radius 3 is 2.56 bits per heavy atom. The van der Waals surface area contributed by atoms with Gasteiger partial charge in [-0.05, 0) is 60.4 Å². The first kappa shape index (κ1) is 19.2. The van der Waals surface area contributed by atoms with Crippen molar-refractivity contribution in [1.82, 2.24) is 0 Å². The van der Waals surface area contributed by atoms with Crippen LogP contribution in [0.25, 0.3) is 11.5 Å². The Morgan fingerprint density at radius 1 is 1.19 bits per heavy atom. The predicted octanol–water partition coefficient (Wildman–Crippen LogP) is 3.27. The largest absolute Gasteiger partial charge is 0.867 e. The number of hydrogen-bond acceptors (Lipinski definition) is 4. The number of aryl methyl sites for hydroxylation is 2. The van der Waals surface area contributed by atoms with Crippen LogP contribution in [-0.4, -0.2) is 10.1 Å². The topological polar surface area (TPSA) is 59.2 Å². The number of thiophene rings is 1. The third-order valence-corrected chi connectivity index (χ3v) is 5.12. The second-order valence-corrected chi connectivity index (χ2v) is 7.62. The fraction of sp³-hybridized carbons (Fsp3) is 0.143. The lowest BCUT2D eigenvalue weighted by Crippen LogP contribution is -2.40. The summed E-state index contributed by atoms with van der Waals surface area (Å²) in [6.45, 7) is 3.92. The molecule has 3 rings (SSSR count). The van der Waals surface area contributed by atoms with Gasteiger partial charge in [0.1, 0.15) is 0 Å². The minimum absolute atomic E-state index is 0.113. The maximum absolute atomic E-state index is 13.1. The van der Waals surface area contributed by atoms with Crippen LogP contribution in [0.1, 0.15) is 21.6 Å². The van der Waals surface area contributed by atoms with Gasteiger partial charge in [0, 0.05) is 22.2 Å². The van der Waals surface area contributed by atoms with Crippen molar-refractivity contribution >= 4 is 45.7 Å². The maximum Gasteiger partial charge on any atom is 0.239 e. The molecule has 3 aromatic rings. The van der Waals surface area contributed by atoms with Crippen LogP contribution in [-0.2, 0) is 6.61 Å². The summed E-state index contributed by atoms with van der Waals surface area (Å²) in [6, 6.07) is 13.3. The van der Waals surface area contributed by atoms with E-state index in [0.29, 0.717) is 21.1 Å². The van der Waals surface area contributed by atoms with Crippen LogP contribution in [0.4, 0.5) is 5.69 Å². The molecule has 0 aliphatic carbocycles. The monoisotopic (exact) mass is 396 g/mol. The standard InChI is InChI=1S/C21H20N2O2S2/c1-14-9-15(2)11-17(10-14)22-21(26)19(20(25)18-6-4-8-27-18)23-7-3-5-16(12-23)13-24/h3-12,24H,13H2,1-2H3,(H-,22,25,26). The molecular formula is C21H20N2O2S2. The van der Waals surface area contributed by atoms with Gasteiger partial charge in [-0.3, -0.25) is 0 Å². The van der Waals surface area contributed by atoms with Crippen LogP contribution in [0.2, 0.25) is 0 Å². The van der Waals surface area contributed by atoms with Crippen molar-refractivity contribution < 1.29 is 14.8 Å². The highest BCUT2D eigenvalue weighted by Crippen LogP contribution is 2.21. The zero-order valence-electron chi connectivity index (χ0n) is 15.1. The summed E-state index contributed by atoms with van der Waals surface area (Å²) in [6.07, 6.45) is 3.48. The second-order valence-electron chi connectivity index (χ2n) is 6.26. The van der Waals surface area contributed by atoms with Gasteiger partial charge in [0.15, 0.2) is 17.4 Å². The maximum atomic E-state index is 13.1. The van der Waals surface area contributed by atoms with Crippen LogP contribution >= 0.6 is 23.6 Å². The summed E-state index contributed by atoms with van der Waals surface area (Å²) < 4.78 is 1.67. The molecular weight excluding hydrogens is 376 g/mol. The first-order chi connectivity index (χ1) is 13.0. The van der Waals surface area contributed by atoms with Gasteiger partial charge in [-0.2, -0.15) is 4.57 Å². The molecule has 2 aromatic heterocycles. The van der Waals surface area contributed by atoms with Crippen LogP contribution < -0.4 is 15.0 Å². The second kappa shape index (κ2) is 8.43. The molecule has 0 saturated carbocycles. The summed E-state index contributed by atoms with van der Waals surface area (Å²) in [7, 11) is 0. The molecule has 0 bridgehead atoms. The molecule has 138 valence electrons. The number of hydrogen-bond donors (Lipinski definition) is 2. The highest BCUT2D eigenvalue weighted by atomic mass is 32.1. The van der Waals surface area contributed by atoms with E-state index in [0.717, 1.165) is 16.8 Å². The summed E-state index contributed by atoms with van der Waals surface area (Å²) in [5.74, 6) is -0.160. The molecule has 2 N–H and O–H groups in total. The molecule has 0 atom stereocenters. The SMILES string of the molecule is Cc1cc(C)cc(NC(=S)C(=C([O-])c2cccs2)[n+]2cccc(CO)c2)c1. The molecule has 6 heteroatoms. The number of thiocarbonyl (C=S) groups is 1. The normalized spacial score (nSPS) is 11.8. The molecule has 1 aromatic carbocycles. The summed E-state index contributed by atoms with van der Waals surface area (Å²) in [4.78, 5) is 0.940. The van der Waals surface area contributed by atoms with E-state index < -0.39 is 0 Å². The first-order valence-corrected chi connectivity index (χ1v) is 9.73. The summed E-state index contributed by atoms with van der Waals surface area (Å²) >= 11 is 6.98. The van der Waals surface area contributed by atoms with Gasteiger partial charge in [0.05, 0.1) is 6.61 Å². The predicted molar refractivity (Wildman–Crippen MR) is 112 cm³/mol. The quantitative estimate of drug-likeness (QED) is 0.301. The van der Waals surface area contributed by atoms with Crippen molar-refractivity contribution in [3.63, 3.8) is 0 Å². The molecule has 0 saturated heterocycles. The summed E-state index contributed by atoms with van der Waals surface area (Å²) in [5, 5.41) is 27.6. The van der Waals surface area contributed by atoms with Crippen molar-refractivity contribution in [3.8, 4) is 0 Å². The lowest BCUT2D eigenvalue weighted by molar-refractivity contribution is -0.578. The van der Waals surface area contributed by atoms with E-state index in [1.165, 1.54) is 11.3 Å². The minimum atomic E-state index is -0.160. The van der Waals surface area contributed by atoms with Crippen LogP contribution in [0.3, 0.4) is 0 Å². The highest BCUT2D eigenvalue weighted by molar-refractivity contribution is 7.81. The number of nitrogens with one attached hydrogen (secondary N) is 1. The Bertz CT molecular complexity index is 975. The number of aromatic nitrogens is 1. The molecule has 0 radical (unpaired) electrons. The van der Waals surface area contributed by atoms with Crippen molar-refractivity contribution in [2.45, 2.75) is 20.5 Å². The number of anilines is 1. The highest BCUT2D eigenvalue weighted by Gasteiger charge is 2.20. The molecule has 2 heterocycles. The number of nitrogens with zero attached hydrogens (tertiary/aromatic N) is 1. The fourth-order valence-corrected chi connectivity index (χ4v) is 3.84. The van der Waals surface area contributed by atoms with Crippen LogP contribution in [0, 0.1) is 13.8 Å². The molecule has 27 heavy (non-hydrogen) atoms. The summed E-state index contributed by atoms with van der Waals surface area (Å²) in [5.41, 5.74) is 4.11. The van der Waals surface area contributed by atoms with Crippen molar-refractivity contribution in [1.29, 1.82) is 0 Å². The van der Waals surface area contributed by atoms with Gasteiger partial charge in [-0.25, -0.2) is 0 Å². The number of rotatable bonds is 5. The number of benzene rings is 1. The molecule has 0 aliphatic heterocycles. The minimum Gasteiger partial charge on any atom is -0.867 e. The Hall–Kier alpha value is -2.54. The van der Waals surface area contributed by atoms with Crippen LogP contribution in [0.5, 0.6) is 0 Å². The molecule has 0 aliphatic rings. The molecule has 0 unspecified atom stereocenters. The Labute approximate surface area is 168 Å². The Balaban J connectivity index is 2.06. The van der Waals surface area contributed by atoms with Gasteiger partial charge >= 0.3 is 0 Å². The smallest absolute Gasteiger partial charge is 0.239 e. The van der Waals surface area contributed by atoms with E-state index >= 15 is 0 Å². The lowest BCUT2D eigenvalue weighted by Gasteiger charge is -2.16. The molecule has 4 nitrogen and oxygen atoms in total. The van der Waals surface area contributed by atoms with Gasteiger partial charge in [0.25, 0.3) is 0 Å². The molecule has 0 fully saturated rings. The zero-order valence-corrected chi connectivity index (χ0v) is 16.7. The van der Waals surface area contributed by atoms with Gasteiger partial charge in [-0.1, -0.05) is 24.4 Å². The Morgan fingerprint density at radius 2 is 1.93 bits per heavy atom. The average Bonchev–Trinajstić information content (AvgIpc) is 3.16.